The van der Waals surface area contributed by atoms with E-state index in [0.29, 0.717) is 10.9 Å². The lowest BCUT2D eigenvalue weighted by atomic mass is 10.1. The molecule has 1 aromatic heterocycles. The Morgan fingerprint density at radius 2 is 1.81 bits per heavy atom. The molecule has 21 heavy (non-hydrogen) atoms. The topological polar surface area (TPSA) is 72.0 Å². The van der Waals surface area contributed by atoms with E-state index in [1.165, 1.54) is 35.6 Å². The number of rotatable bonds is 6. The molecule has 1 aromatic carbocycles. The summed E-state index contributed by atoms with van der Waals surface area (Å²) < 4.78 is 26.9. The third-order valence-corrected chi connectivity index (χ3v) is 5.86. The van der Waals surface area contributed by atoms with Gasteiger partial charge >= 0.3 is 0 Å². The zero-order chi connectivity index (χ0) is 15.5. The number of nitrogens with zero attached hydrogens (tertiary/aromatic N) is 2. The van der Waals surface area contributed by atoms with E-state index in [4.69, 9.17) is 11.6 Å². The fraction of sp³-hybridized carbons (Fsp3) is 0.385. The van der Waals surface area contributed by atoms with Crippen LogP contribution >= 0.6 is 22.9 Å². The maximum atomic E-state index is 12.2. The van der Waals surface area contributed by atoms with Gasteiger partial charge in [-0.25, -0.2) is 8.42 Å². The van der Waals surface area contributed by atoms with Crippen LogP contribution in [0.15, 0.2) is 29.2 Å². The van der Waals surface area contributed by atoms with Gasteiger partial charge in [-0.05, 0) is 37.1 Å². The third kappa shape index (κ3) is 3.93. The number of hydrogen-bond acceptors (Lipinski definition) is 5. The van der Waals surface area contributed by atoms with Gasteiger partial charge in [0.2, 0.25) is 5.13 Å². The van der Waals surface area contributed by atoms with E-state index in [1.807, 2.05) is 0 Å². The number of nitrogens with one attached hydrogen (secondary N) is 1. The van der Waals surface area contributed by atoms with Crippen LogP contribution in [0.1, 0.15) is 37.6 Å². The first-order valence-electron chi connectivity index (χ1n) is 6.58. The van der Waals surface area contributed by atoms with Gasteiger partial charge in [0, 0.05) is 10.9 Å². The van der Waals surface area contributed by atoms with E-state index in [-0.39, 0.29) is 10.0 Å². The van der Waals surface area contributed by atoms with E-state index >= 15 is 0 Å². The normalized spacial score (nSPS) is 11.8. The number of sulfonamides is 1. The summed E-state index contributed by atoms with van der Waals surface area (Å²) >= 11 is 7.03. The van der Waals surface area contributed by atoms with Crippen molar-refractivity contribution >= 4 is 38.1 Å². The molecule has 1 N–H and O–H groups in total. The lowest BCUT2D eigenvalue weighted by molar-refractivity contribution is 0.601. The molecule has 0 radical (unpaired) electrons. The third-order valence-electron chi connectivity index (χ3n) is 3.12. The summed E-state index contributed by atoms with van der Waals surface area (Å²) in [5.41, 5.74) is 0. The molecule has 0 aliphatic heterocycles. The lowest BCUT2D eigenvalue weighted by Crippen LogP contribution is -2.12. The average molecular weight is 346 g/mol. The predicted octanol–water partition coefficient (Wildman–Crippen LogP) is 3.90. The van der Waals surface area contributed by atoms with Crippen molar-refractivity contribution in [1.82, 2.24) is 10.2 Å². The highest BCUT2D eigenvalue weighted by molar-refractivity contribution is 7.93. The fourth-order valence-electron chi connectivity index (χ4n) is 1.87. The van der Waals surface area contributed by atoms with Crippen molar-refractivity contribution in [2.45, 2.75) is 37.5 Å². The molecule has 8 heteroatoms. The molecule has 2 aromatic rings. The van der Waals surface area contributed by atoms with E-state index in [0.717, 1.165) is 17.8 Å². The minimum Gasteiger partial charge on any atom is -0.253 e. The molecule has 114 valence electrons. The van der Waals surface area contributed by atoms with Crippen molar-refractivity contribution in [2.75, 3.05) is 4.72 Å². The van der Waals surface area contributed by atoms with Crippen molar-refractivity contribution in [3.63, 3.8) is 0 Å². The largest absolute Gasteiger partial charge is 0.263 e. The zero-order valence-electron chi connectivity index (χ0n) is 11.7. The maximum absolute atomic E-state index is 12.2. The Morgan fingerprint density at radius 3 is 2.38 bits per heavy atom. The van der Waals surface area contributed by atoms with Crippen molar-refractivity contribution in [3.05, 3.63) is 34.3 Å². The van der Waals surface area contributed by atoms with Gasteiger partial charge in [-0.15, -0.1) is 10.2 Å². The molecular weight excluding hydrogens is 330 g/mol. The van der Waals surface area contributed by atoms with Crippen LogP contribution in [-0.4, -0.2) is 18.6 Å². The van der Waals surface area contributed by atoms with Crippen LogP contribution in [0.4, 0.5) is 5.13 Å². The highest BCUT2D eigenvalue weighted by Crippen LogP contribution is 2.29. The fourth-order valence-corrected chi connectivity index (χ4v) is 4.23. The molecule has 0 spiro atoms. The first-order chi connectivity index (χ1) is 9.96. The minimum atomic E-state index is -3.66. The molecule has 0 atom stereocenters. The molecular formula is C13H16ClN3O2S2. The second-order valence-corrected chi connectivity index (χ2v) is 7.65. The van der Waals surface area contributed by atoms with Crippen molar-refractivity contribution < 1.29 is 8.42 Å². The first-order valence-corrected chi connectivity index (χ1v) is 9.25. The van der Waals surface area contributed by atoms with Gasteiger partial charge in [0.1, 0.15) is 5.01 Å². The van der Waals surface area contributed by atoms with Crippen LogP contribution < -0.4 is 4.72 Å². The number of halogens is 1. The Hall–Kier alpha value is -1.18. The van der Waals surface area contributed by atoms with Crippen molar-refractivity contribution in [1.29, 1.82) is 0 Å². The molecule has 1 heterocycles. The molecule has 5 nitrogen and oxygen atoms in total. The van der Waals surface area contributed by atoms with E-state index in [1.54, 1.807) is 0 Å². The van der Waals surface area contributed by atoms with Gasteiger partial charge in [0.15, 0.2) is 0 Å². The van der Waals surface area contributed by atoms with Gasteiger partial charge < -0.3 is 0 Å². The van der Waals surface area contributed by atoms with Gasteiger partial charge in [0.25, 0.3) is 10.0 Å². The Kier molecular flexibility index (Phi) is 5.18. The number of hydrogen-bond donors (Lipinski definition) is 1. The van der Waals surface area contributed by atoms with Crippen molar-refractivity contribution in [3.8, 4) is 0 Å². The van der Waals surface area contributed by atoms with Crippen LogP contribution in [0.3, 0.4) is 0 Å². The Balaban J connectivity index is 2.19. The van der Waals surface area contributed by atoms with Crippen LogP contribution in [-0.2, 0) is 10.0 Å². The van der Waals surface area contributed by atoms with Crippen molar-refractivity contribution in [2.24, 2.45) is 0 Å². The van der Waals surface area contributed by atoms with Gasteiger partial charge in [-0.2, -0.15) is 0 Å². The highest BCUT2D eigenvalue weighted by atomic mass is 35.5. The molecule has 0 aliphatic carbocycles. The van der Waals surface area contributed by atoms with Crippen LogP contribution in [0.2, 0.25) is 5.02 Å². The van der Waals surface area contributed by atoms with Gasteiger partial charge in [-0.3, -0.25) is 4.72 Å². The summed E-state index contributed by atoms with van der Waals surface area (Å²) in [5, 5.41) is 9.61. The molecule has 0 fully saturated rings. The summed E-state index contributed by atoms with van der Waals surface area (Å²) in [6.07, 6.45) is 1.91. The second kappa shape index (κ2) is 6.72. The smallest absolute Gasteiger partial charge is 0.253 e. The van der Waals surface area contributed by atoms with Gasteiger partial charge in [-0.1, -0.05) is 36.8 Å². The number of benzene rings is 1. The molecule has 0 saturated heterocycles. The summed E-state index contributed by atoms with van der Waals surface area (Å²) in [4.78, 5) is 0.145. The molecule has 0 saturated carbocycles. The lowest BCUT2D eigenvalue weighted by Gasteiger charge is -2.06. The average Bonchev–Trinajstić information content (AvgIpc) is 2.88. The van der Waals surface area contributed by atoms with Crippen LogP contribution in [0.5, 0.6) is 0 Å². The summed E-state index contributed by atoms with van der Waals surface area (Å²) in [7, 11) is -3.66. The molecule has 0 aliphatic rings. The highest BCUT2D eigenvalue weighted by Gasteiger charge is 2.18. The van der Waals surface area contributed by atoms with Gasteiger partial charge in [0.05, 0.1) is 4.90 Å². The SMILES string of the molecule is CCC(CC)c1nnc(NS(=O)(=O)c2ccc(Cl)cc2)s1. The Labute approximate surface area is 133 Å². The Morgan fingerprint density at radius 1 is 1.19 bits per heavy atom. The summed E-state index contributed by atoms with van der Waals surface area (Å²) in [6.45, 7) is 4.15. The molecule has 0 unspecified atom stereocenters. The second-order valence-electron chi connectivity index (χ2n) is 4.52. The molecule has 2 rings (SSSR count). The standard InChI is InChI=1S/C13H16ClN3O2S2/c1-3-9(4-2)12-15-16-13(20-12)17-21(18,19)11-7-5-10(14)6-8-11/h5-9H,3-4H2,1-2H3,(H,16,17). The summed E-state index contributed by atoms with van der Waals surface area (Å²) in [6, 6.07) is 5.97. The monoisotopic (exact) mass is 345 g/mol. The predicted molar refractivity (Wildman–Crippen MR) is 85.5 cm³/mol. The Bertz CT molecular complexity index is 694. The maximum Gasteiger partial charge on any atom is 0.263 e. The zero-order valence-corrected chi connectivity index (χ0v) is 14.1. The van der Waals surface area contributed by atoms with E-state index in [9.17, 15) is 8.42 Å². The quantitative estimate of drug-likeness (QED) is 0.861. The molecule has 0 bridgehead atoms. The number of aromatic nitrogens is 2. The minimum absolute atomic E-state index is 0.145. The van der Waals surface area contributed by atoms with Crippen LogP contribution in [0.25, 0.3) is 0 Å². The first kappa shape index (κ1) is 16.2. The summed E-state index contributed by atoms with van der Waals surface area (Å²) in [5.74, 6) is 0.316. The number of anilines is 1. The molecule has 0 amide bonds. The van der Waals surface area contributed by atoms with Crippen LogP contribution in [0, 0.1) is 0 Å². The van der Waals surface area contributed by atoms with E-state index < -0.39 is 10.0 Å². The van der Waals surface area contributed by atoms with E-state index in [2.05, 4.69) is 28.8 Å².